The minimum absolute atomic E-state index is 0.234. The number of carboxylic acids is 2. The predicted molar refractivity (Wildman–Crippen MR) is 62.4 cm³/mol. The lowest BCUT2D eigenvalue weighted by Crippen LogP contribution is -2.12. The molecule has 0 aliphatic carbocycles. The lowest BCUT2D eigenvalue weighted by molar-refractivity contribution is 0.0672. The summed E-state index contributed by atoms with van der Waals surface area (Å²) in [6, 6.07) is 0. The third-order valence-electron chi connectivity index (χ3n) is 2.80. The number of carbonyl (C=O) groups is 2. The van der Waals surface area contributed by atoms with E-state index in [0.717, 1.165) is 0 Å². The van der Waals surface area contributed by atoms with Crippen molar-refractivity contribution in [2.45, 2.75) is 26.7 Å². The van der Waals surface area contributed by atoms with Crippen LogP contribution >= 0.6 is 0 Å². The number of hydrogen-bond acceptors (Lipinski definition) is 4. The molecule has 4 N–H and O–H groups in total. The van der Waals surface area contributed by atoms with Gasteiger partial charge in [0.2, 0.25) is 0 Å². The van der Waals surface area contributed by atoms with Gasteiger partial charge in [0.1, 0.15) is 11.1 Å². The van der Waals surface area contributed by atoms with Gasteiger partial charge in [0.05, 0.1) is 0 Å². The van der Waals surface area contributed by atoms with Gasteiger partial charge in [-0.15, -0.1) is 0 Å². The summed E-state index contributed by atoms with van der Waals surface area (Å²) in [4.78, 5) is 22.2. The molecule has 0 radical (unpaired) electrons. The quantitative estimate of drug-likeness (QED) is 0.607. The Morgan fingerprint density at radius 1 is 0.833 bits per heavy atom. The van der Waals surface area contributed by atoms with Crippen molar-refractivity contribution in [3.63, 3.8) is 0 Å². The molecular weight excluding hydrogens is 240 g/mol. The van der Waals surface area contributed by atoms with Crippen molar-refractivity contribution in [1.29, 1.82) is 0 Å². The molecule has 0 aromatic heterocycles. The van der Waals surface area contributed by atoms with Crippen molar-refractivity contribution >= 4 is 11.9 Å². The Morgan fingerprint density at radius 2 is 1.11 bits per heavy atom. The Kier molecular flexibility index (Phi) is 3.80. The molecule has 6 heteroatoms. The van der Waals surface area contributed by atoms with E-state index in [9.17, 15) is 19.8 Å². The van der Waals surface area contributed by atoms with E-state index in [4.69, 9.17) is 10.2 Å². The van der Waals surface area contributed by atoms with Gasteiger partial charge in [0, 0.05) is 0 Å². The van der Waals surface area contributed by atoms with Crippen molar-refractivity contribution in [1.82, 2.24) is 0 Å². The standard InChI is InChI=1S/C12H14O6/c1-3-5-6(4-2)8(12(17)18)10(14)9(13)7(5)11(15)16/h13-14H,3-4H2,1-2H3,(H,15,16)(H,17,18). The number of rotatable bonds is 4. The first-order valence-corrected chi connectivity index (χ1v) is 5.42. The third kappa shape index (κ3) is 1.97. The molecule has 0 aliphatic rings. The van der Waals surface area contributed by atoms with Gasteiger partial charge in [-0.2, -0.15) is 0 Å². The van der Waals surface area contributed by atoms with Gasteiger partial charge in [-0.1, -0.05) is 13.8 Å². The Balaban J connectivity index is 3.86. The van der Waals surface area contributed by atoms with Crippen molar-refractivity contribution in [3.05, 3.63) is 22.3 Å². The lowest BCUT2D eigenvalue weighted by Gasteiger charge is -2.16. The van der Waals surface area contributed by atoms with E-state index >= 15 is 0 Å². The van der Waals surface area contributed by atoms with Crippen LogP contribution in [-0.4, -0.2) is 32.4 Å². The Bertz CT molecular complexity index is 471. The van der Waals surface area contributed by atoms with Gasteiger partial charge < -0.3 is 20.4 Å². The maximum absolute atomic E-state index is 11.1. The van der Waals surface area contributed by atoms with Crippen LogP contribution in [0.4, 0.5) is 0 Å². The summed E-state index contributed by atoms with van der Waals surface area (Å²) in [6.45, 7) is 3.31. The van der Waals surface area contributed by atoms with Crippen LogP contribution in [-0.2, 0) is 12.8 Å². The van der Waals surface area contributed by atoms with E-state index in [2.05, 4.69) is 0 Å². The average molecular weight is 254 g/mol. The van der Waals surface area contributed by atoms with E-state index < -0.39 is 34.6 Å². The largest absolute Gasteiger partial charge is 0.504 e. The summed E-state index contributed by atoms with van der Waals surface area (Å²) in [5.74, 6) is -4.58. The second-order valence-electron chi connectivity index (χ2n) is 3.72. The van der Waals surface area contributed by atoms with Crippen LogP contribution in [0.2, 0.25) is 0 Å². The number of aromatic hydroxyl groups is 2. The van der Waals surface area contributed by atoms with Crippen LogP contribution in [0.5, 0.6) is 11.5 Å². The number of carboxylic acid groups (broad SMARTS) is 2. The molecule has 0 aliphatic heterocycles. The maximum Gasteiger partial charge on any atom is 0.339 e. The zero-order chi connectivity index (χ0) is 14.0. The van der Waals surface area contributed by atoms with Crippen LogP contribution in [0.25, 0.3) is 0 Å². The highest BCUT2D eigenvalue weighted by atomic mass is 16.4. The minimum atomic E-state index is -1.40. The lowest BCUT2D eigenvalue weighted by atomic mass is 9.90. The average Bonchev–Trinajstić information content (AvgIpc) is 2.30. The second-order valence-corrected chi connectivity index (χ2v) is 3.72. The van der Waals surface area contributed by atoms with Crippen LogP contribution in [0.1, 0.15) is 45.7 Å². The molecule has 98 valence electrons. The number of aromatic carboxylic acids is 2. The molecule has 0 saturated carbocycles. The maximum atomic E-state index is 11.1. The monoisotopic (exact) mass is 254 g/mol. The summed E-state index contributed by atoms with van der Waals surface area (Å²) >= 11 is 0. The first kappa shape index (κ1) is 13.8. The smallest absolute Gasteiger partial charge is 0.339 e. The minimum Gasteiger partial charge on any atom is -0.504 e. The molecule has 0 unspecified atom stereocenters. The molecule has 0 saturated heterocycles. The van der Waals surface area contributed by atoms with E-state index in [1.165, 1.54) is 0 Å². The highest BCUT2D eigenvalue weighted by Crippen LogP contribution is 2.39. The van der Waals surface area contributed by atoms with Crippen molar-refractivity contribution in [3.8, 4) is 11.5 Å². The van der Waals surface area contributed by atoms with E-state index in [1.54, 1.807) is 13.8 Å². The third-order valence-corrected chi connectivity index (χ3v) is 2.80. The fourth-order valence-electron chi connectivity index (χ4n) is 2.07. The predicted octanol–water partition coefficient (Wildman–Crippen LogP) is 1.62. The van der Waals surface area contributed by atoms with E-state index in [0.29, 0.717) is 0 Å². The summed E-state index contributed by atoms with van der Waals surface area (Å²) in [7, 11) is 0. The molecule has 18 heavy (non-hydrogen) atoms. The summed E-state index contributed by atoms with van der Waals surface area (Å²) in [5, 5.41) is 37.3. The van der Waals surface area contributed by atoms with Crippen LogP contribution in [0, 0.1) is 0 Å². The summed E-state index contributed by atoms with van der Waals surface area (Å²) in [5.41, 5.74) is -0.399. The van der Waals surface area contributed by atoms with Gasteiger partial charge in [0.15, 0.2) is 11.5 Å². The Morgan fingerprint density at radius 3 is 1.28 bits per heavy atom. The fraction of sp³-hybridized carbons (Fsp3) is 0.333. The molecule has 0 bridgehead atoms. The second kappa shape index (κ2) is 4.95. The Hall–Kier alpha value is -2.24. The van der Waals surface area contributed by atoms with Gasteiger partial charge in [0.25, 0.3) is 0 Å². The first-order valence-electron chi connectivity index (χ1n) is 5.42. The van der Waals surface area contributed by atoms with E-state index in [1.807, 2.05) is 0 Å². The van der Waals surface area contributed by atoms with Crippen LogP contribution < -0.4 is 0 Å². The number of hydrogen-bond donors (Lipinski definition) is 4. The molecule has 1 aromatic carbocycles. The number of benzene rings is 1. The molecule has 1 rings (SSSR count). The van der Waals surface area contributed by atoms with Gasteiger partial charge in [-0.3, -0.25) is 0 Å². The van der Waals surface area contributed by atoms with E-state index in [-0.39, 0.29) is 24.0 Å². The zero-order valence-electron chi connectivity index (χ0n) is 10.0. The highest BCUT2D eigenvalue weighted by molar-refractivity contribution is 6.00. The molecular formula is C12H14O6. The molecule has 0 spiro atoms. The van der Waals surface area contributed by atoms with Crippen molar-refractivity contribution < 1.29 is 30.0 Å². The molecule has 0 atom stereocenters. The van der Waals surface area contributed by atoms with Gasteiger partial charge in [-0.05, 0) is 24.0 Å². The van der Waals surface area contributed by atoms with Crippen molar-refractivity contribution in [2.75, 3.05) is 0 Å². The summed E-state index contributed by atoms with van der Waals surface area (Å²) < 4.78 is 0. The molecule has 1 aromatic rings. The van der Waals surface area contributed by atoms with Crippen LogP contribution in [0.3, 0.4) is 0 Å². The van der Waals surface area contributed by atoms with Crippen molar-refractivity contribution in [2.24, 2.45) is 0 Å². The summed E-state index contributed by atoms with van der Waals surface area (Å²) in [6.07, 6.45) is 0.498. The SMILES string of the molecule is CCc1c(CC)c(C(=O)O)c(O)c(O)c1C(=O)O. The van der Waals surface area contributed by atoms with Gasteiger partial charge in [-0.25, -0.2) is 9.59 Å². The fourth-order valence-corrected chi connectivity index (χ4v) is 2.07. The van der Waals surface area contributed by atoms with Crippen LogP contribution in [0.15, 0.2) is 0 Å². The molecule has 0 amide bonds. The first-order chi connectivity index (χ1) is 8.36. The molecule has 0 heterocycles. The highest BCUT2D eigenvalue weighted by Gasteiger charge is 2.28. The zero-order valence-corrected chi connectivity index (χ0v) is 10.0. The normalized spacial score (nSPS) is 10.3. The Labute approximate surface area is 103 Å². The molecule has 0 fully saturated rings. The topological polar surface area (TPSA) is 115 Å². The van der Waals surface area contributed by atoms with Gasteiger partial charge >= 0.3 is 11.9 Å². The molecule has 6 nitrogen and oxygen atoms in total. The number of phenols is 2.